The molecule has 3 rings (SSSR count). The van der Waals surface area contributed by atoms with Gasteiger partial charge in [0.05, 0.1) is 19.8 Å². The van der Waals surface area contributed by atoms with Crippen LogP contribution in [0.5, 0.6) is 5.75 Å². The molecule has 180 valence electrons. The molecule has 0 saturated heterocycles. The Morgan fingerprint density at radius 1 is 1.09 bits per heavy atom. The molecular formula is C20H13BrF3NO7S2. The van der Waals surface area contributed by atoms with E-state index in [4.69, 9.17) is 9.84 Å². The van der Waals surface area contributed by atoms with Crippen LogP contribution in [0.3, 0.4) is 0 Å². The minimum Gasteiger partial charge on any atom is -0.479 e. The summed E-state index contributed by atoms with van der Waals surface area (Å²) in [7, 11) is -4.38. The Bertz CT molecular complexity index is 1370. The number of carboxylic acid groups (broad SMARTS) is 2. The number of ether oxygens (including phenoxy) is 1. The number of benzene rings is 2. The first-order chi connectivity index (χ1) is 15.8. The van der Waals surface area contributed by atoms with Crippen molar-refractivity contribution >= 4 is 54.9 Å². The van der Waals surface area contributed by atoms with Crippen LogP contribution in [0.15, 0.2) is 57.9 Å². The molecule has 0 aliphatic rings. The number of alkyl halides is 3. The molecular weight excluding hydrogens is 567 g/mol. The minimum atomic E-state index is -4.72. The number of aromatic carboxylic acids is 1. The van der Waals surface area contributed by atoms with Crippen LogP contribution >= 0.6 is 27.3 Å². The van der Waals surface area contributed by atoms with Gasteiger partial charge in [0.1, 0.15) is 0 Å². The van der Waals surface area contributed by atoms with E-state index in [0.717, 1.165) is 29.5 Å². The monoisotopic (exact) mass is 579 g/mol. The van der Waals surface area contributed by atoms with Gasteiger partial charge >= 0.3 is 18.1 Å². The normalized spacial score (nSPS) is 11.8. The third-order valence-corrected chi connectivity index (χ3v) is 7.80. The quantitative estimate of drug-likeness (QED) is 0.336. The van der Waals surface area contributed by atoms with E-state index < -0.39 is 45.2 Å². The highest BCUT2D eigenvalue weighted by molar-refractivity contribution is 9.10. The maximum atomic E-state index is 12.9. The maximum Gasteiger partial charge on any atom is 0.416 e. The molecule has 3 aromatic rings. The first kappa shape index (κ1) is 25.5. The molecule has 0 unspecified atom stereocenters. The number of hydrogen-bond donors (Lipinski definition) is 3. The molecule has 2 aromatic carbocycles. The van der Waals surface area contributed by atoms with Gasteiger partial charge in [-0.2, -0.15) is 13.2 Å². The summed E-state index contributed by atoms with van der Waals surface area (Å²) in [5, 5.41) is 18.2. The smallest absolute Gasteiger partial charge is 0.416 e. The molecule has 3 N–H and O–H groups in total. The van der Waals surface area contributed by atoms with Crippen molar-refractivity contribution in [3.8, 4) is 16.2 Å². The van der Waals surface area contributed by atoms with Gasteiger partial charge in [-0.3, -0.25) is 4.72 Å². The van der Waals surface area contributed by atoms with Gasteiger partial charge in [0, 0.05) is 5.69 Å². The molecule has 0 spiro atoms. The SMILES string of the molecule is O=C(O)COc1c(C(=O)O)sc(-c2cccc(NS(=O)(=O)c3cccc(C(F)(F)F)c3)c2)c1Br. The van der Waals surface area contributed by atoms with Gasteiger partial charge in [-0.05, 0) is 51.8 Å². The Labute approximate surface area is 202 Å². The highest BCUT2D eigenvalue weighted by atomic mass is 79.9. The van der Waals surface area contributed by atoms with Crippen LogP contribution in [-0.4, -0.2) is 37.2 Å². The average Bonchev–Trinajstić information content (AvgIpc) is 3.08. The highest BCUT2D eigenvalue weighted by Crippen LogP contribution is 2.46. The van der Waals surface area contributed by atoms with Crippen molar-refractivity contribution in [1.29, 1.82) is 0 Å². The van der Waals surface area contributed by atoms with E-state index in [2.05, 4.69) is 20.7 Å². The van der Waals surface area contributed by atoms with Crippen LogP contribution in [0, 0.1) is 0 Å². The lowest BCUT2D eigenvalue weighted by molar-refractivity contribution is -0.139. The van der Waals surface area contributed by atoms with Gasteiger partial charge < -0.3 is 14.9 Å². The van der Waals surface area contributed by atoms with E-state index in [1.165, 1.54) is 24.3 Å². The summed E-state index contributed by atoms with van der Waals surface area (Å²) in [5.41, 5.74) is -0.782. The van der Waals surface area contributed by atoms with Gasteiger partial charge in [-0.15, -0.1) is 11.3 Å². The van der Waals surface area contributed by atoms with Gasteiger partial charge in [-0.25, -0.2) is 18.0 Å². The van der Waals surface area contributed by atoms with E-state index in [-0.39, 0.29) is 20.8 Å². The number of nitrogens with one attached hydrogen (secondary N) is 1. The molecule has 0 atom stereocenters. The molecule has 14 heteroatoms. The van der Waals surface area contributed by atoms with E-state index in [0.29, 0.717) is 16.5 Å². The van der Waals surface area contributed by atoms with Crippen LogP contribution < -0.4 is 9.46 Å². The fraction of sp³-hybridized carbons (Fsp3) is 0.100. The Hall–Kier alpha value is -3.10. The van der Waals surface area contributed by atoms with Crippen molar-refractivity contribution in [2.24, 2.45) is 0 Å². The van der Waals surface area contributed by atoms with Crippen molar-refractivity contribution in [2.75, 3.05) is 11.3 Å². The molecule has 1 aromatic heterocycles. The molecule has 0 bridgehead atoms. The number of rotatable bonds is 8. The molecule has 1 heterocycles. The number of aliphatic carboxylic acids is 1. The van der Waals surface area contributed by atoms with Gasteiger partial charge in [0.25, 0.3) is 10.0 Å². The van der Waals surface area contributed by atoms with E-state index in [1.807, 2.05) is 0 Å². The Kier molecular flexibility index (Phi) is 7.24. The fourth-order valence-electron chi connectivity index (χ4n) is 2.76. The summed E-state index contributed by atoms with van der Waals surface area (Å²) >= 11 is 3.95. The molecule has 0 fully saturated rings. The van der Waals surface area contributed by atoms with E-state index in [9.17, 15) is 36.3 Å². The van der Waals surface area contributed by atoms with Crippen molar-refractivity contribution < 1.29 is 46.1 Å². The summed E-state index contributed by atoms with van der Waals surface area (Å²) in [4.78, 5) is 21.8. The van der Waals surface area contributed by atoms with Crippen molar-refractivity contribution in [1.82, 2.24) is 0 Å². The zero-order valence-corrected chi connectivity index (χ0v) is 19.8. The Morgan fingerprint density at radius 3 is 2.38 bits per heavy atom. The molecule has 0 aliphatic carbocycles. The fourth-order valence-corrected chi connectivity index (χ4v) is 5.75. The number of hydrogen-bond acceptors (Lipinski definition) is 6. The maximum absolute atomic E-state index is 12.9. The first-order valence-electron chi connectivity index (χ1n) is 9.00. The predicted octanol–water partition coefficient (Wildman–Crippen LogP) is 5.16. The summed E-state index contributed by atoms with van der Waals surface area (Å²) in [6.07, 6.45) is -4.72. The number of sulfonamides is 1. The molecule has 0 aliphatic heterocycles. The lowest BCUT2D eigenvalue weighted by Gasteiger charge is -2.12. The largest absolute Gasteiger partial charge is 0.479 e. The topological polar surface area (TPSA) is 130 Å². The minimum absolute atomic E-state index is 0.0000843. The third-order valence-electron chi connectivity index (χ3n) is 4.19. The van der Waals surface area contributed by atoms with Crippen molar-refractivity contribution in [2.45, 2.75) is 11.1 Å². The average molecular weight is 580 g/mol. The second-order valence-corrected chi connectivity index (χ2v) is 10.1. The van der Waals surface area contributed by atoms with Gasteiger partial charge in [0.15, 0.2) is 17.2 Å². The highest BCUT2D eigenvalue weighted by Gasteiger charge is 2.32. The van der Waals surface area contributed by atoms with Gasteiger partial charge in [0.2, 0.25) is 0 Å². The molecule has 0 radical (unpaired) electrons. The van der Waals surface area contributed by atoms with Gasteiger partial charge in [-0.1, -0.05) is 18.2 Å². The summed E-state index contributed by atoms with van der Waals surface area (Å²) in [6, 6.07) is 8.93. The van der Waals surface area contributed by atoms with Crippen molar-refractivity contribution in [3.05, 3.63) is 63.4 Å². The van der Waals surface area contributed by atoms with Crippen LogP contribution in [0.1, 0.15) is 15.2 Å². The second kappa shape index (κ2) is 9.64. The number of carbonyl (C=O) groups is 2. The number of thiophene rings is 1. The molecule has 8 nitrogen and oxygen atoms in total. The Morgan fingerprint density at radius 2 is 1.76 bits per heavy atom. The zero-order valence-electron chi connectivity index (χ0n) is 16.6. The van der Waals surface area contributed by atoms with Crippen molar-refractivity contribution in [3.63, 3.8) is 0 Å². The summed E-state index contributed by atoms with van der Waals surface area (Å²) < 4.78 is 71.6. The lowest BCUT2D eigenvalue weighted by atomic mass is 10.1. The second-order valence-electron chi connectivity index (χ2n) is 6.60. The molecule has 34 heavy (non-hydrogen) atoms. The van der Waals surface area contributed by atoms with Crippen LogP contribution in [-0.2, 0) is 21.0 Å². The van der Waals surface area contributed by atoms with Crippen LogP contribution in [0.25, 0.3) is 10.4 Å². The lowest BCUT2D eigenvalue weighted by Crippen LogP contribution is -2.14. The van der Waals surface area contributed by atoms with Crippen LogP contribution in [0.2, 0.25) is 0 Å². The standard InChI is InChI=1S/C20H13BrF3NO7S2/c21-15-16(32-9-14(26)27)18(19(28)29)33-17(15)10-3-1-5-12(7-10)25-34(30,31)13-6-2-4-11(8-13)20(22,23)24/h1-8,25H,9H2,(H,26,27)(H,28,29). The molecule has 0 amide bonds. The first-order valence-corrected chi connectivity index (χ1v) is 12.1. The zero-order chi connectivity index (χ0) is 25.3. The number of anilines is 1. The number of halogens is 4. The third kappa shape index (κ3) is 5.69. The number of carboxylic acids is 2. The summed E-state index contributed by atoms with van der Waals surface area (Å²) in [5.74, 6) is -2.88. The van der Waals surface area contributed by atoms with E-state index in [1.54, 1.807) is 0 Å². The van der Waals surface area contributed by atoms with E-state index >= 15 is 0 Å². The summed E-state index contributed by atoms with van der Waals surface area (Å²) in [6.45, 7) is -0.786. The predicted molar refractivity (Wildman–Crippen MR) is 120 cm³/mol. The van der Waals surface area contributed by atoms with Crippen LogP contribution in [0.4, 0.5) is 18.9 Å². The molecule has 0 saturated carbocycles. The Balaban J connectivity index is 1.96.